The number of nitrogens with one attached hydrogen (secondary N) is 1. The summed E-state index contributed by atoms with van der Waals surface area (Å²) in [5, 5.41) is 2.98. The van der Waals surface area contributed by atoms with Crippen LogP contribution in [0.1, 0.15) is 22.8 Å². The van der Waals surface area contributed by atoms with Crippen LogP contribution in [-0.2, 0) is 11.2 Å². The number of ether oxygens (including phenoxy) is 1. The molecule has 3 rings (SSSR count). The largest absolute Gasteiger partial charge is 0.497 e. The van der Waals surface area contributed by atoms with Crippen molar-refractivity contribution in [1.29, 1.82) is 0 Å². The van der Waals surface area contributed by atoms with E-state index in [0.717, 1.165) is 17.7 Å². The van der Waals surface area contributed by atoms with Gasteiger partial charge in [-0.3, -0.25) is 14.5 Å². The summed E-state index contributed by atoms with van der Waals surface area (Å²) in [6.07, 6.45) is 0.743. The van der Waals surface area contributed by atoms with Crippen molar-refractivity contribution in [3.63, 3.8) is 0 Å². The summed E-state index contributed by atoms with van der Waals surface area (Å²) >= 11 is 0. The number of rotatable bonds is 7. The molecule has 7 heteroatoms. The number of benzene rings is 2. The first-order valence-corrected chi connectivity index (χ1v) is 10.2. The second kappa shape index (κ2) is 10.2. The summed E-state index contributed by atoms with van der Waals surface area (Å²) < 4.78 is 19.0. The monoisotopic (exact) mass is 413 g/mol. The lowest BCUT2D eigenvalue weighted by atomic mass is 10.1. The Labute approximate surface area is 176 Å². The minimum atomic E-state index is -0.505. The third-order valence-electron chi connectivity index (χ3n) is 5.50. The minimum absolute atomic E-state index is 0.0302. The third-order valence-corrected chi connectivity index (χ3v) is 5.50. The minimum Gasteiger partial charge on any atom is -0.497 e. The first kappa shape index (κ1) is 21.8. The van der Waals surface area contributed by atoms with Crippen molar-refractivity contribution in [2.75, 3.05) is 39.8 Å². The van der Waals surface area contributed by atoms with Crippen molar-refractivity contribution < 1.29 is 18.7 Å². The third kappa shape index (κ3) is 5.36. The lowest BCUT2D eigenvalue weighted by molar-refractivity contribution is -0.126. The molecule has 0 aliphatic carbocycles. The molecule has 0 bridgehead atoms. The first-order chi connectivity index (χ1) is 14.5. The Morgan fingerprint density at radius 2 is 1.73 bits per heavy atom. The van der Waals surface area contributed by atoms with E-state index in [9.17, 15) is 14.0 Å². The van der Waals surface area contributed by atoms with E-state index in [0.29, 0.717) is 32.7 Å². The van der Waals surface area contributed by atoms with Gasteiger partial charge >= 0.3 is 0 Å². The van der Waals surface area contributed by atoms with Crippen LogP contribution in [0.5, 0.6) is 5.75 Å². The molecular formula is C23H28FN3O3. The molecule has 1 fully saturated rings. The molecule has 6 nitrogen and oxygen atoms in total. The summed E-state index contributed by atoms with van der Waals surface area (Å²) in [4.78, 5) is 28.7. The van der Waals surface area contributed by atoms with Gasteiger partial charge in [-0.15, -0.1) is 0 Å². The molecule has 1 heterocycles. The fourth-order valence-corrected chi connectivity index (χ4v) is 3.55. The van der Waals surface area contributed by atoms with Gasteiger partial charge in [0.1, 0.15) is 11.6 Å². The average Bonchev–Trinajstić information content (AvgIpc) is 2.79. The number of hydrogen-bond acceptors (Lipinski definition) is 4. The zero-order chi connectivity index (χ0) is 21.5. The normalized spacial score (nSPS) is 15.5. The van der Waals surface area contributed by atoms with Gasteiger partial charge in [0.25, 0.3) is 5.91 Å². The summed E-state index contributed by atoms with van der Waals surface area (Å²) in [5.74, 6) is -0.0275. The number of carbonyl (C=O) groups excluding carboxylic acids is 2. The Balaban J connectivity index is 1.43. The zero-order valence-electron chi connectivity index (χ0n) is 17.4. The number of nitrogens with zero attached hydrogens (tertiary/aromatic N) is 2. The smallest absolute Gasteiger partial charge is 0.256 e. The number of hydrogen-bond donors (Lipinski definition) is 1. The molecule has 2 amide bonds. The van der Waals surface area contributed by atoms with Gasteiger partial charge in [-0.2, -0.15) is 0 Å². The zero-order valence-corrected chi connectivity index (χ0v) is 17.4. The molecule has 0 aromatic heterocycles. The summed E-state index contributed by atoms with van der Waals surface area (Å²) in [6.45, 7) is 4.52. The average molecular weight is 413 g/mol. The Bertz CT molecular complexity index is 864. The first-order valence-electron chi connectivity index (χ1n) is 10.2. The molecule has 1 aliphatic heterocycles. The standard InChI is InChI=1S/C23H28FN3O3/c1-17(22(28)25-12-11-18-7-9-19(30-2)10-8-18)26-13-15-27(16-14-26)23(29)20-5-3-4-6-21(20)24/h3-10,17H,11-16H2,1-2H3,(H,25,28)/t17-/m0/s1. The lowest BCUT2D eigenvalue weighted by Gasteiger charge is -2.37. The van der Waals surface area contributed by atoms with Gasteiger partial charge in [-0.1, -0.05) is 24.3 Å². The molecule has 0 spiro atoms. The van der Waals surface area contributed by atoms with Crippen LogP contribution in [0.25, 0.3) is 0 Å². The van der Waals surface area contributed by atoms with Crippen LogP contribution in [0.15, 0.2) is 48.5 Å². The highest BCUT2D eigenvalue weighted by Gasteiger charge is 2.28. The van der Waals surface area contributed by atoms with E-state index in [-0.39, 0.29) is 23.4 Å². The number of halogens is 1. The van der Waals surface area contributed by atoms with E-state index in [1.165, 1.54) is 12.1 Å². The molecule has 1 aliphatic rings. The molecule has 0 unspecified atom stereocenters. The van der Waals surface area contributed by atoms with E-state index in [1.54, 1.807) is 24.1 Å². The van der Waals surface area contributed by atoms with Crippen LogP contribution in [0.2, 0.25) is 0 Å². The van der Waals surface area contributed by atoms with E-state index >= 15 is 0 Å². The maximum absolute atomic E-state index is 13.9. The quantitative estimate of drug-likeness (QED) is 0.757. The maximum atomic E-state index is 13.9. The number of methoxy groups -OCH3 is 1. The van der Waals surface area contributed by atoms with Gasteiger partial charge in [0.15, 0.2) is 0 Å². The van der Waals surface area contributed by atoms with Crippen LogP contribution in [0.4, 0.5) is 4.39 Å². The van der Waals surface area contributed by atoms with Crippen LogP contribution < -0.4 is 10.1 Å². The van der Waals surface area contributed by atoms with Gasteiger partial charge in [0.2, 0.25) is 5.91 Å². The molecule has 2 aromatic rings. The van der Waals surface area contributed by atoms with Gasteiger partial charge in [0.05, 0.1) is 18.7 Å². The van der Waals surface area contributed by atoms with Crippen molar-refractivity contribution in [3.05, 3.63) is 65.5 Å². The van der Waals surface area contributed by atoms with Crippen molar-refractivity contribution in [1.82, 2.24) is 15.1 Å². The fourth-order valence-electron chi connectivity index (χ4n) is 3.55. The highest BCUT2D eigenvalue weighted by atomic mass is 19.1. The number of carbonyl (C=O) groups is 2. The van der Waals surface area contributed by atoms with E-state index in [1.807, 2.05) is 36.1 Å². The van der Waals surface area contributed by atoms with Crippen molar-refractivity contribution in [2.24, 2.45) is 0 Å². The predicted octanol–water partition coefficient (Wildman–Crippen LogP) is 2.34. The Morgan fingerprint density at radius 3 is 2.37 bits per heavy atom. The highest BCUT2D eigenvalue weighted by Crippen LogP contribution is 2.14. The van der Waals surface area contributed by atoms with E-state index < -0.39 is 5.82 Å². The van der Waals surface area contributed by atoms with Crippen molar-refractivity contribution in [2.45, 2.75) is 19.4 Å². The van der Waals surface area contributed by atoms with Crippen LogP contribution in [0, 0.1) is 5.82 Å². The van der Waals surface area contributed by atoms with E-state index in [4.69, 9.17) is 4.74 Å². The van der Waals surface area contributed by atoms with Crippen molar-refractivity contribution >= 4 is 11.8 Å². The van der Waals surface area contributed by atoms with E-state index in [2.05, 4.69) is 5.32 Å². The number of amides is 2. The molecule has 1 N–H and O–H groups in total. The summed E-state index contributed by atoms with van der Waals surface area (Å²) in [7, 11) is 1.63. The fraction of sp³-hybridized carbons (Fsp3) is 0.391. The SMILES string of the molecule is COc1ccc(CCNC(=O)[C@H](C)N2CCN(C(=O)c3ccccc3F)CC2)cc1. The van der Waals surface area contributed by atoms with Crippen LogP contribution >= 0.6 is 0 Å². The molecule has 2 aromatic carbocycles. The highest BCUT2D eigenvalue weighted by molar-refractivity contribution is 5.94. The maximum Gasteiger partial charge on any atom is 0.256 e. The topological polar surface area (TPSA) is 61.9 Å². The predicted molar refractivity (Wildman–Crippen MR) is 113 cm³/mol. The van der Waals surface area contributed by atoms with Gasteiger partial charge < -0.3 is 15.0 Å². The van der Waals surface area contributed by atoms with Crippen LogP contribution in [-0.4, -0.2) is 67.5 Å². The van der Waals surface area contributed by atoms with Gasteiger partial charge in [-0.25, -0.2) is 4.39 Å². The molecule has 0 saturated carbocycles. The van der Waals surface area contributed by atoms with Gasteiger partial charge in [-0.05, 0) is 43.2 Å². The van der Waals surface area contributed by atoms with Crippen LogP contribution in [0.3, 0.4) is 0 Å². The lowest BCUT2D eigenvalue weighted by Crippen LogP contribution is -2.55. The molecule has 0 radical (unpaired) electrons. The summed E-state index contributed by atoms with van der Waals surface area (Å²) in [5.41, 5.74) is 1.22. The second-order valence-corrected chi connectivity index (χ2v) is 7.37. The Morgan fingerprint density at radius 1 is 1.07 bits per heavy atom. The Kier molecular flexibility index (Phi) is 7.41. The Hall–Kier alpha value is -2.93. The molecule has 30 heavy (non-hydrogen) atoms. The second-order valence-electron chi connectivity index (χ2n) is 7.37. The molecule has 1 atom stereocenters. The molecule has 1 saturated heterocycles. The molecular weight excluding hydrogens is 385 g/mol. The molecule has 160 valence electrons. The summed E-state index contributed by atoms with van der Waals surface area (Å²) in [6, 6.07) is 13.5. The number of piperazine rings is 1. The van der Waals surface area contributed by atoms with Gasteiger partial charge in [0, 0.05) is 32.7 Å². The van der Waals surface area contributed by atoms with Crippen molar-refractivity contribution in [3.8, 4) is 5.75 Å².